The SMILES string of the molecule is COc1ccc(Cl)cc1C(=O)N(CCC(=O)O)C(C)C. The second-order valence-electron chi connectivity index (χ2n) is 4.58. The van der Waals surface area contributed by atoms with Crippen LogP contribution in [0.4, 0.5) is 0 Å². The molecule has 0 unspecified atom stereocenters. The predicted octanol–water partition coefficient (Wildman–Crippen LogP) is 2.67. The average Bonchev–Trinajstić information content (AvgIpc) is 2.37. The van der Waals surface area contributed by atoms with E-state index in [1.54, 1.807) is 12.1 Å². The van der Waals surface area contributed by atoms with Gasteiger partial charge in [0, 0.05) is 17.6 Å². The maximum atomic E-state index is 12.5. The molecule has 1 rings (SSSR count). The molecule has 0 fully saturated rings. The van der Waals surface area contributed by atoms with Gasteiger partial charge in [-0.1, -0.05) is 11.6 Å². The Hall–Kier alpha value is -1.75. The Morgan fingerprint density at radius 1 is 1.40 bits per heavy atom. The fourth-order valence-corrected chi connectivity index (χ4v) is 1.98. The minimum Gasteiger partial charge on any atom is -0.496 e. The van der Waals surface area contributed by atoms with Crippen LogP contribution >= 0.6 is 11.6 Å². The number of halogens is 1. The third-order valence-electron chi connectivity index (χ3n) is 2.84. The molecule has 1 amide bonds. The third kappa shape index (κ3) is 4.13. The number of hydrogen-bond acceptors (Lipinski definition) is 3. The smallest absolute Gasteiger partial charge is 0.305 e. The van der Waals surface area contributed by atoms with Gasteiger partial charge < -0.3 is 14.7 Å². The summed E-state index contributed by atoms with van der Waals surface area (Å²) in [5.74, 6) is -0.817. The highest BCUT2D eigenvalue weighted by Gasteiger charge is 2.22. The molecule has 0 aliphatic carbocycles. The summed E-state index contributed by atoms with van der Waals surface area (Å²) in [7, 11) is 1.47. The number of carbonyl (C=O) groups is 2. The summed E-state index contributed by atoms with van der Waals surface area (Å²) < 4.78 is 5.15. The van der Waals surface area contributed by atoms with E-state index in [9.17, 15) is 9.59 Å². The molecule has 1 N–H and O–H groups in total. The summed E-state index contributed by atoms with van der Waals surface area (Å²) in [6, 6.07) is 4.66. The highest BCUT2D eigenvalue weighted by molar-refractivity contribution is 6.31. The number of carbonyl (C=O) groups excluding carboxylic acids is 1. The van der Waals surface area contributed by atoms with Crippen molar-refractivity contribution < 1.29 is 19.4 Å². The van der Waals surface area contributed by atoms with E-state index in [1.165, 1.54) is 18.1 Å². The minimum atomic E-state index is -0.943. The molecule has 0 aliphatic rings. The summed E-state index contributed by atoms with van der Waals surface area (Å²) in [6.45, 7) is 3.80. The number of ether oxygens (including phenoxy) is 1. The van der Waals surface area contributed by atoms with Crippen LogP contribution in [0.3, 0.4) is 0 Å². The van der Waals surface area contributed by atoms with Crippen molar-refractivity contribution in [3.05, 3.63) is 28.8 Å². The Kier molecular flexibility index (Phi) is 5.82. The average molecular weight is 300 g/mol. The van der Waals surface area contributed by atoms with Crippen molar-refractivity contribution in [1.82, 2.24) is 4.90 Å². The normalized spacial score (nSPS) is 10.4. The largest absolute Gasteiger partial charge is 0.496 e. The molecular formula is C14H18ClNO4. The number of nitrogens with zero attached hydrogens (tertiary/aromatic N) is 1. The van der Waals surface area contributed by atoms with Crippen LogP contribution < -0.4 is 4.74 Å². The van der Waals surface area contributed by atoms with Crippen molar-refractivity contribution in [3.63, 3.8) is 0 Å². The van der Waals surface area contributed by atoms with Gasteiger partial charge in [0.2, 0.25) is 0 Å². The number of rotatable bonds is 6. The Morgan fingerprint density at radius 3 is 2.55 bits per heavy atom. The highest BCUT2D eigenvalue weighted by Crippen LogP contribution is 2.24. The summed E-state index contributed by atoms with van der Waals surface area (Å²) >= 11 is 5.91. The van der Waals surface area contributed by atoms with Gasteiger partial charge in [-0.05, 0) is 32.0 Å². The van der Waals surface area contributed by atoms with E-state index in [0.717, 1.165) is 0 Å². The monoisotopic (exact) mass is 299 g/mol. The van der Waals surface area contributed by atoms with Crippen molar-refractivity contribution in [1.29, 1.82) is 0 Å². The summed E-state index contributed by atoms with van der Waals surface area (Å²) in [5.41, 5.74) is 0.332. The molecule has 5 nitrogen and oxygen atoms in total. The van der Waals surface area contributed by atoms with Gasteiger partial charge in [0.05, 0.1) is 19.1 Å². The van der Waals surface area contributed by atoms with E-state index in [2.05, 4.69) is 0 Å². The summed E-state index contributed by atoms with van der Waals surface area (Å²) in [4.78, 5) is 24.7. The maximum absolute atomic E-state index is 12.5. The Balaban J connectivity index is 3.05. The lowest BCUT2D eigenvalue weighted by atomic mass is 10.1. The second kappa shape index (κ2) is 7.14. The van der Waals surface area contributed by atoms with E-state index in [1.807, 2.05) is 13.8 Å². The van der Waals surface area contributed by atoms with Crippen molar-refractivity contribution in [2.75, 3.05) is 13.7 Å². The molecule has 6 heteroatoms. The predicted molar refractivity (Wildman–Crippen MR) is 76.4 cm³/mol. The van der Waals surface area contributed by atoms with Gasteiger partial charge >= 0.3 is 5.97 Å². The lowest BCUT2D eigenvalue weighted by molar-refractivity contribution is -0.137. The molecule has 110 valence electrons. The molecule has 0 spiro atoms. The first-order chi connectivity index (χ1) is 9.36. The first kappa shape index (κ1) is 16.3. The van der Waals surface area contributed by atoms with Crippen molar-refractivity contribution >= 4 is 23.5 Å². The summed E-state index contributed by atoms with van der Waals surface area (Å²) in [6.07, 6.45) is -0.104. The van der Waals surface area contributed by atoms with Crippen LogP contribution in [-0.4, -0.2) is 41.6 Å². The van der Waals surface area contributed by atoms with Crippen molar-refractivity contribution in [3.8, 4) is 5.75 Å². The van der Waals surface area contributed by atoms with Crippen LogP contribution in [0, 0.1) is 0 Å². The van der Waals surface area contributed by atoms with Gasteiger partial charge in [0.1, 0.15) is 5.75 Å². The zero-order valence-electron chi connectivity index (χ0n) is 11.7. The zero-order chi connectivity index (χ0) is 15.3. The first-order valence-corrected chi connectivity index (χ1v) is 6.61. The van der Waals surface area contributed by atoms with Crippen LogP contribution in [0.5, 0.6) is 5.75 Å². The minimum absolute atomic E-state index is 0.104. The Morgan fingerprint density at radius 2 is 2.05 bits per heavy atom. The van der Waals surface area contributed by atoms with Crippen LogP contribution in [0.25, 0.3) is 0 Å². The molecule has 0 bridgehead atoms. The molecule has 0 atom stereocenters. The van der Waals surface area contributed by atoms with Crippen LogP contribution in [-0.2, 0) is 4.79 Å². The maximum Gasteiger partial charge on any atom is 0.305 e. The number of hydrogen-bond donors (Lipinski definition) is 1. The lowest BCUT2D eigenvalue weighted by Gasteiger charge is -2.27. The Bertz CT molecular complexity index is 502. The van der Waals surface area contributed by atoms with Crippen molar-refractivity contribution in [2.45, 2.75) is 26.3 Å². The number of aliphatic carboxylic acids is 1. The van der Waals surface area contributed by atoms with E-state index >= 15 is 0 Å². The third-order valence-corrected chi connectivity index (χ3v) is 3.08. The summed E-state index contributed by atoms with van der Waals surface area (Å²) in [5, 5.41) is 9.18. The molecule has 0 aliphatic heterocycles. The molecule has 0 heterocycles. The van der Waals surface area contributed by atoms with E-state index < -0.39 is 5.97 Å². The van der Waals surface area contributed by atoms with Crippen molar-refractivity contribution in [2.24, 2.45) is 0 Å². The van der Waals surface area contributed by atoms with Gasteiger partial charge in [-0.2, -0.15) is 0 Å². The lowest BCUT2D eigenvalue weighted by Crippen LogP contribution is -2.38. The topological polar surface area (TPSA) is 66.8 Å². The van der Waals surface area contributed by atoms with E-state index in [-0.39, 0.29) is 24.9 Å². The molecular weight excluding hydrogens is 282 g/mol. The van der Waals surface area contributed by atoms with Crippen LogP contribution in [0.15, 0.2) is 18.2 Å². The fourth-order valence-electron chi connectivity index (χ4n) is 1.81. The van der Waals surface area contributed by atoms with Gasteiger partial charge in [-0.15, -0.1) is 0 Å². The number of carboxylic acids is 1. The standard InChI is InChI=1S/C14H18ClNO4/c1-9(2)16(7-6-13(17)18)14(19)11-8-10(15)4-5-12(11)20-3/h4-5,8-9H,6-7H2,1-3H3,(H,17,18). The van der Waals surface area contributed by atoms with Gasteiger partial charge in [0.15, 0.2) is 0 Å². The molecule has 1 aromatic rings. The molecule has 0 saturated heterocycles. The number of benzene rings is 1. The first-order valence-electron chi connectivity index (χ1n) is 6.23. The Labute approximate surface area is 123 Å². The number of amides is 1. The molecule has 0 aromatic heterocycles. The van der Waals surface area contributed by atoms with E-state index in [0.29, 0.717) is 16.3 Å². The molecule has 20 heavy (non-hydrogen) atoms. The fraction of sp³-hybridized carbons (Fsp3) is 0.429. The molecule has 0 radical (unpaired) electrons. The number of methoxy groups -OCH3 is 1. The van der Waals surface area contributed by atoms with E-state index in [4.69, 9.17) is 21.4 Å². The molecule has 0 saturated carbocycles. The van der Waals surface area contributed by atoms with Crippen LogP contribution in [0.2, 0.25) is 5.02 Å². The van der Waals surface area contributed by atoms with Gasteiger partial charge in [-0.25, -0.2) is 0 Å². The highest BCUT2D eigenvalue weighted by atomic mass is 35.5. The van der Waals surface area contributed by atoms with Gasteiger partial charge in [-0.3, -0.25) is 9.59 Å². The van der Waals surface area contributed by atoms with Gasteiger partial charge in [0.25, 0.3) is 5.91 Å². The number of carboxylic acid groups (broad SMARTS) is 1. The second-order valence-corrected chi connectivity index (χ2v) is 5.02. The quantitative estimate of drug-likeness (QED) is 0.877. The molecule has 1 aromatic carbocycles. The zero-order valence-corrected chi connectivity index (χ0v) is 12.5. The van der Waals surface area contributed by atoms with Crippen LogP contribution in [0.1, 0.15) is 30.6 Å².